The minimum absolute atomic E-state index is 0.156. The van der Waals surface area contributed by atoms with Gasteiger partial charge in [-0.25, -0.2) is 17.6 Å². The highest BCUT2D eigenvalue weighted by molar-refractivity contribution is 7.89. The Kier molecular flexibility index (Phi) is 4.63. The summed E-state index contributed by atoms with van der Waals surface area (Å²) in [6.07, 6.45) is 4.46. The van der Waals surface area contributed by atoms with Gasteiger partial charge in [-0.15, -0.1) is 0 Å². The molecular formula is C14H18FNO4S. The molecule has 0 aliphatic heterocycles. The van der Waals surface area contributed by atoms with Crippen molar-refractivity contribution in [3.05, 3.63) is 29.6 Å². The molecule has 0 saturated heterocycles. The predicted molar refractivity (Wildman–Crippen MR) is 75.2 cm³/mol. The highest BCUT2D eigenvalue weighted by Crippen LogP contribution is 2.28. The third-order valence-corrected chi connectivity index (χ3v) is 5.85. The summed E-state index contributed by atoms with van der Waals surface area (Å²) < 4.78 is 40.1. The van der Waals surface area contributed by atoms with Crippen molar-refractivity contribution < 1.29 is 22.7 Å². The summed E-state index contributed by atoms with van der Waals surface area (Å²) in [6.45, 7) is 0. The van der Waals surface area contributed by atoms with Gasteiger partial charge in [0.25, 0.3) is 0 Å². The summed E-state index contributed by atoms with van der Waals surface area (Å²) in [5.41, 5.74) is -0.244. The minimum Gasteiger partial charge on any atom is -0.478 e. The highest BCUT2D eigenvalue weighted by atomic mass is 32.2. The minimum atomic E-state index is -4.03. The Morgan fingerprint density at radius 2 is 1.90 bits per heavy atom. The van der Waals surface area contributed by atoms with E-state index in [2.05, 4.69) is 0 Å². The van der Waals surface area contributed by atoms with Crippen LogP contribution in [0.15, 0.2) is 23.1 Å². The second kappa shape index (κ2) is 6.11. The van der Waals surface area contributed by atoms with Gasteiger partial charge in [-0.3, -0.25) is 0 Å². The second-order valence-electron chi connectivity index (χ2n) is 5.26. The van der Waals surface area contributed by atoms with Crippen LogP contribution >= 0.6 is 0 Å². The second-order valence-corrected chi connectivity index (χ2v) is 7.23. The first-order valence-electron chi connectivity index (χ1n) is 6.85. The number of halogens is 1. The maximum absolute atomic E-state index is 13.9. The van der Waals surface area contributed by atoms with Gasteiger partial charge in [-0.2, -0.15) is 4.31 Å². The molecule has 0 atom stereocenters. The van der Waals surface area contributed by atoms with Gasteiger partial charge in [0.15, 0.2) is 0 Å². The van der Waals surface area contributed by atoms with Crippen molar-refractivity contribution in [2.24, 2.45) is 0 Å². The van der Waals surface area contributed by atoms with Crippen LogP contribution in [0.1, 0.15) is 42.5 Å². The van der Waals surface area contributed by atoms with Crippen molar-refractivity contribution in [2.75, 3.05) is 7.05 Å². The molecule has 0 spiro atoms. The van der Waals surface area contributed by atoms with E-state index in [-0.39, 0.29) is 11.6 Å². The lowest BCUT2D eigenvalue weighted by Gasteiger charge is -2.30. The van der Waals surface area contributed by atoms with Gasteiger partial charge < -0.3 is 5.11 Å². The van der Waals surface area contributed by atoms with Crippen molar-refractivity contribution in [1.82, 2.24) is 4.31 Å². The van der Waals surface area contributed by atoms with Gasteiger partial charge in [0.05, 0.1) is 5.56 Å². The summed E-state index contributed by atoms with van der Waals surface area (Å²) >= 11 is 0. The molecule has 1 aliphatic carbocycles. The average molecular weight is 315 g/mol. The summed E-state index contributed by atoms with van der Waals surface area (Å²) in [5, 5.41) is 8.92. The first kappa shape index (κ1) is 15.9. The number of nitrogens with zero attached hydrogens (tertiary/aromatic N) is 1. The molecule has 1 saturated carbocycles. The predicted octanol–water partition coefficient (Wildman–Crippen LogP) is 2.48. The largest absolute Gasteiger partial charge is 0.478 e. The van der Waals surface area contributed by atoms with E-state index in [1.165, 1.54) is 11.4 Å². The third kappa shape index (κ3) is 3.24. The number of sulfonamides is 1. The fourth-order valence-corrected chi connectivity index (χ4v) is 4.13. The van der Waals surface area contributed by atoms with E-state index in [0.29, 0.717) is 0 Å². The van der Waals surface area contributed by atoms with Crippen LogP contribution in [0, 0.1) is 5.82 Å². The molecule has 0 unspecified atom stereocenters. The Hall–Kier alpha value is -1.47. The Morgan fingerprint density at radius 1 is 1.29 bits per heavy atom. The van der Waals surface area contributed by atoms with E-state index in [1.807, 2.05) is 0 Å². The van der Waals surface area contributed by atoms with Crippen LogP contribution in [0.25, 0.3) is 0 Å². The summed E-state index contributed by atoms with van der Waals surface area (Å²) in [7, 11) is -2.60. The number of aromatic carboxylic acids is 1. The molecule has 0 radical (unpaired) electrons. The van der Waals surface area contributed by atoms with E-state index in [4.69, 9.17) is 5.11 Å². The smallest absolute Gasteiger partial charge is 0.335 e. The number of carboxylic acid groups (broad SMARTS) is 1. The fourth-order valence-electron chi connectivity index (χ4n) is 2.63. The van der Waals surface area contributed by atoms with Crippen LogP contribution in [0.3, 0.4) is 0 Å². The van der Waals surface area contributed by atoms with Gasteiger partial charge in [0.1, 0.15) is 10.7 Å². The Bertz CT molecular complexity index is 638. The molecule has 7 heteroatoms. The SMILES string of the molecule is CN(C1CCCCC1)S(=O)(=O)c1cc(C(=O)O)ccc1F. The van der Waals surface area contributed by atoms with Gasteiger partial charge in [0, 0.05) is 13.1 Å². The van der Waals surface area contributed by atoms with Crippen LogP contribution < -0.4 is 0 Å². The van der Waals surface area contributed by atoms with Crippen molar-refractivity contribution >= 4 is 16.0 Å². The third-order valence-electron chi connectivity index (χ3n) is 3.92. The average Bonchev–Trinajstić information content (AvgIpc) is 2.47. The van der Waals surface area contributed by atoms with E-state index in [0.717, 1.165) is 50.3 Å². The van der Waals surface area contributed by atoms with Crippen molar-refractivity contribution in [3.8, 4) is 0 Å². The lowest BCUT2D eigenvalue weighted by molar-refractivity contribution is 0.0696. The van der Waals surface area contributed by atoms with E-state index >= 15 is 0 Å². The zero-order valence-electron chi connectivity index (χ0n) is 11.8. The monoisotopic (exact) mass is 315 g/mol. The molecule has 1 aromatic rings. The van der Waals surface area contributed by atoms with Crippen LogP contribution in [0.4, 0.5) is 4.39 Å². The maximum atomic E-state index is 13.9. The molecule has 2 rings (SSSR count). The van der Waals surface area contributed by atoms with Crippen LogP contribution in [-0.4, -0.2) is 36.9 Å². The molecule has 1 fully saturated rings. The van der Waals surface area contributed by atoms with Crippen LogP contribution in [0.5, 0.6) is 0 Å². The van der Waals surface area contributed by atoms with Gasteiger partial charge >= 0.3 is 5.97 Å². The first-order chi connectivity index (χ1) is 9.84. The van der Waals surface area contributed by atoms with Crippen LogP contribution in [-0.2, 0) is 10.0 Å². The van der Waals surface area contributed by atoms with Crippen molar-refractivity contribution in [2.45, 2.75) is 43.0 Å². The van der Waals surface area contributed by atoms with Crippen molar-refractivity contribution in [3.63, 3.8) is 0 Å². The molecule has 0 amide bonds. The molecule has 21 heavy (non-hydrogen) atoms. The summed E-state index contributed by atoms with van der Waals surface area (Å²) in [5.74, 6) is -2.21. The zero-order valence-corrected chi connectivity index (χ0v) is 12.6. The lowest BCUT2D eigenvalue weighted by Crippen LogP contribution is -2.38. The fraction of sp³-hybridized carbons (Fsp3) is 0.500. The van der Waals surface area contributed by atoms with E-state index < -0.39 is 26.7 Å². The molecule has 5 nitrogen and oxygen atoms in total. The van der Waals surface area contributed by atoms with E-state index in [9.17, 15) is 17.6 Å². The lowest BCUT2D eigenvalue weighted by atomic mass is 9.96. The molecule has 0 heterocycles. The number of hydrogen-bond donors (Lipinski definition) is 1. The normalized spacial score (nSPS) is 17.1. The molecule has 0 aromatic heterocycles. The first-order valence-corrected chi connectivity index (χ1v) is 8.29. The number of rotatable bonds is 4. The topological polar surface area (TPSA) is 74.7 Å². The molecule has 0 bridgehead atoms. The quantitative estimate of drug-likeness (QED) is 0.926. The maximum Gasteiger partial charge on any atom is 0.335 e. The highest BCUT2D eigenvalue weighted by Gasteiger charge is 2.31. The molecular weight excluding hydrogens is 297 g/mol. The Morgan fingerprint density at radius 3 is 2.48 bits per heavy atom. The number of hydrogen-bond acceptors (Lipinski definition) is 3. The van der Waals surface area contributed by atoms with Gasteiger partial charge in [-0.05, 0) is 31.0 Å². The number of benzene rings is 1. The number of carbonyl (C=O) groups is 1. The molecule has 116 valence electrons. The molecule has 1 aliphatic rings. The van der Waals surface area contributed by atoms with Crippen molar-refractivity contribution in [1.29, 1.82) is 0 Å². The van der Waals surface area contributed by atoms with Gasteiger partial charge in [-0.1, -0.05) is 19.3 Å². The van der Waals surface area contributed by atoms with Gasteiger partial charge in [0.2, 0.25) is 10.0 Å². The molecule has 1 aromatic carbocycles. The Balaban J connectivity index is 2.38. The van der Waals surface area contributed by atoms with Crippen LogP contribution in [0.2, 0.25) is 0 Å². The molecule has 1 N–H and O–H groups in total. The number of carboxylic acids is 1. The zero-order chi connectivity index (χ0) is 15.6. The standard InChI is InChI=1S/C14H18FNO4S/c1-16(11-5-3-2-4-6-11)21(19,20)13-9-10(14(17)18)7-8-12(13)15/h7-9,11H,2-6H2,1H3,(H,17,18). The summed E-state index contributed by atoms with van der Waals surface area (Å²) in [4.78, 5) is 10.4. The van der Waals surface area contributed by atoms with E-state index in [1.54, 1.807) is 0 Å². The summed E-state index contributed by atoms with van der Waals surface area (Å²) in [6, 6.07) is 2.66. The Labute approximate surface area is 123 Å².